The standard InChI is InChI=1S/C11H12ClNO/c1-3-14-11(7-13)10-5-4-9(12)6-8(10)2/h4-6,11H,3H2,1-2H3. The average Bonchev–Trinajstić information content (AvgIpc) is 2.15. The first kappa shape index (κ1) is 11.0. The van der Waals surface area contributed by atoms with Gasteiger partial charge in [0.05, 0.1) is 6.07 Å². The van der Waals surface area contributed by atoms with Crippen molar-refractivity contribution < 1.29 is 4.74 Å². The third kappa shape index (κ3) is 2.47. The molecule has 0 spiro atoms. The molecule has 0 bridgehead atoms. The minimum Gasteiger partial charge on any atom is -0.359 e. The zero-order valence-electron chi connectivity index (χ0n) is 8.25. The molecule has 1 aromatic rings. The summed E-state index contributed by atoms with van der Waals surface area (Å²) in [7, 11) is 0. The molecule has 74 valence electrons. The van der Waals surface area contributed by atoms with Crippen molar-refractivity contribution >= 4 is 11.6 Å². The van der Waals surface area contributed by atoms with E-state index in [9.17, 15) is 0 Å². The van der Waals surface area contributed by atoms with Crippen LogP contribution < -0.4 is 0 Å². The summed E-state index contributed by atoms with van der Waals surface area (Å²) in [5, 5.41) is 9.58. The lowest BCUT2D eigenvalue weighted by Gasteiger charge is -2.12. The van der Waals surface area contributed by atoms with E-state index in [4.69, 9.17) is 21.6 Å². The summed E-state index contributed by atoms with van der Waals surface area (Å²) < 4.78 is 5.29. The SMILES string of the molecule is CCOC(C#N)c1ccc(Cl)cc1C. The highest BCUT2D eigenvalue weighted by atomic mass is 35.5. The molecule has 0 radical (unpaired) electrons. The van der Waals surface area contributed by atoms with Crippen molar-refractivity contribution in [2.24, 2.45) is 0 Å². The van der Waals surface area contributed by atoms with Gasteiger partial charge >= 0.3 is 0 Å². The van der Waals surface area contributed by atoms with Crippen LogP contribution in [0.25, 0.3) is 0 Å². The van der Waals surface area contributed by atoms with Gasteiger partial charge in [0.1, 0.15) is 0 Å². The van der Waals surface area contributed by atoms with Crippen molar-refractivity contribution in [2.45, 2.75) is 20.0 Å². The number of ether oxygens (including phenoxy) is 1. The number of aryl methyl sites for hydroxylation is 1. The molecular formula is C11H12ClNO. The predicted octanol–water partition coefficient (Wildman–Crippen LogP) is 3.25. The predicted molar refractivity (Wildman–Crippen MR) is 56.2 cm³/mol. The van der Waals surface area contributed by atoms with Gasteiger partial charge in [0.15, 0.2) is 6.10 Å². The minimum absolute atomic E-state index is 0.489. The van der Waals surface area contributed by atoms with Crippen molar-refractivity contribution in [1.29, 1.82) is 5.26 Å². The van der Waals surface area contributed by atoms with Crippen molar-refractivity contribution in [3.63, 3.8) is 0 Å². The first-order chi connectivity index (χ1) is 6.69. The zero-order chi connectivity index (χ0) is 10.6. The maximum Gasteiger partial charge on any atom is 0.169 e. The van der Waals surface area contributed by atoms with Crippen LogP contribution in [0, 0.1) is 18.3 Å². The van der Waals surface area contributed by atoms with Crippen molar-refractivity contribution in [3.05, 3.63) is 34.3 Å². The van der Waals surface area contributed by atoms with Crippen LogP contribution in [0.1, 0.15) is 24.2 Å². The molecule has 1 unspecified atom stereocenters. The molecule has 1 atom stereocenters. The Bertz CT molecular complexity index is 357. The molecule has 0 saturated heterocycles. The van der Waals surface area contributed by atoms with E-state index < -0.39 is 6.10 Å². The van der Waals surface area contributed by atoms with Gasteiger partial charge in [-0.2, -0.15) is 5.26 Å². The molecule has 0 fully saturated rings. The maximum absolute atomic E-state index is 8.90. The number of hydrogen-bond acceptors (Lipinski definition) is 2. The summed E-state index contributed by atoms with van der Waals surface area (Å²) >= 11 is 5.82. The summed E-state index contributed by atoms with van der Waals surface area (Å²) in [6.07, 6.45) is -0.489. The zero-order valence-corrected chi connectivity index (χ0v) is 9.01. The molecule has 0 aliphatic rings. The van der Waals surface area contributed by atoms with Gasteiger partial charge in [-0.05, 0) is 37.1 Å². The molecule has 0 heterocycles. The topological polar surface area (TPSA) is 33.0 Å². The fraction of sp³-hybridized carbons (Fsp3) is 0.364. The van der Waals surface area contributed by atoms with E-state index in [2.05, 4.69) is 6.07 Å². The van der Waals surface area contributed by atoms with Crippen LogP contribution in [0.4, 0.5) is 0 Å². The third-order valence-electron chi connectivity index (χ3n) is 1.96. The van der Waals surface area contributed by atoms with Gasteiger partial charge in [-0.15, -0.1) is 0 Å². The Balaban J connectivity index is 3.00. The summed E-state index contributed by atoms with van der Waals surface area (Å²) in [5.41, 5.74) is 1.87. The van der Waals surface area contributed by atoms with E-state index in [1.807, 2.05) is 26.0 Å². The van der Waals surface area contributed by atoms with E-state index in [1.165, 1.54) is 0 Å². The highest BCUT2D eigenvalue weighted by Gasteiger charge is 2.12. The van der Waals surface area contributed by atoms with Crippen molar-refractivity contribution in [3.8, 4) is 6.07 Å². The number of benzene rings is 1. The molecule has 0 aromatic heterocycles. The quantitative estimate of drug-likeness (QED) is 0.766. The molecule has 14 heavy (non-hydrogen) atoms. The fourth-order valence-corrected chi connectivity index (χ4v) is 1.52. The lowest BCUT2D eigenvalue weighted by Crippen LogP contribution is -2.03. The molecular weight excluding hydrogens is 198 g/mol. The lowest BCUT2D eigenvalue weighted by molar-refractivity contribution is 0.102. The van der Waals surface area contributed by atoms with E-state index >= 15 is 0 Å². The normalized spacial score (nSPS) is 12.1. The van der Waals surface area contributed by atoms with Gasteiger partial charge in [-0.3, -0.25) is 0 Å². The molecule has 1 rings (SSSR count). The Labute approximate surface area is 89.1 Å². The highest BCUT2D eigenvalue weighted by molar-refractivity contribution is 6.30. The Morgan fingerprint density at radius 3 is 2.79 bits per heavy atom. The first-order valence-corrected chi connectivity index (χ1v) is 4.84. The Kier molecular flexibility index (Phi) is 3.94. The second kappa shape index (κ2) is 4.99. The number of halogens is 1. The van der Waals surface area contributed by atoms with Gasteiger partial charge in [0, 0.05) is 11.6 Å². The van der Waals surface area contributed by atoms with Crippen LogP contribution in [0.5, 0.6) is 0 Å². The number of hydrogen-bond donors (Lipinski definition) is 0. The van der Waals surface area contributed by atoms with Gasteiger partial charge in [0.25, 0.3) is 0 Å². The van der Waals surface area contributed by atoms with Crippen LogP contribution in [0.2, 0.25) is 5.02 Å². The maximum atomic E-state index is 8.90. The van der Waals surface area contributed by atoms with E-state index in [1.54, 1.807) is 6.07 Å². The highest BCUT2D eigenvalue weighted by Crippen LogP contribution is 2.23. The second-order valence-corrected chi connectivity index (χ2v) is 3.40. The van der Waals surface area contributed by atoms with Gasteiger partial charge < -0.3 is 4.74 Å². The minimum atomic E-state index is -0.489. The van der Waals surface area contributed by atoms with E-state index in [0.717, 1.165) is 11.1 Å². The molecule has 2 nitrogen and oxygen atoms in total. The van der Waals surface area contributed by atoms with Gasteiger partial charge in [-0.1, -0.05) is 17.7 Å². The monoisotopic (exact) mass is 209 g/mol. The second-order valence-electron chi connectivity index (χ2n) is 2.97. The molecule has 0 N–H and O–H groups in total. The number of nitriles is 1. The lowest BCUT2D eigenvalue weighted by atomic mass is 10.0. The summed E-state index contributed by atoms with van der Waals surface area (Å²) in [6.45, 7) is 4.32. The van der Waals surface area contributed by atoms with Gasteiger partial charge in [0.2, 0.25) is 0 Å². The van der Waals surface area contributed by atoms with Crippen LogP contribution >= 0.6 is 11.6 Å². The van der Waals surface area contributed by atoms with Crippen LogP contribution in [-0.2, 0) is 4.74 Å². The number of rotatable bonds is 3. The van der Waals surface area contributed by atoms with Gasteiger partial charge in [-0.25, -0.2) is 0 Å². The van der Waals surface area contributed by atoms with Crippen LogP contribution in [0.3, 0.4) is 0 Å². The molecule has 1 aromatic carbocycles. The molecule has 0 aliphatic carbocycles. The van der Waals surface area contributed by atoms with Crippen molar-refractivity contribution in [2.75, 3.05) is 6.61 Å². The third-order valence-corrected chi connectivity index (χ3v) is 2.20. The molecule has 0 amide bonds. The van der Waals surface area contributed by atoms with Crippen LogP contribution in [0.15, 0.2) is 18.2 Å². The number of nitrogens with zero attached hydrogens (tertiary/aromatic N) is 1. The largest absolute Gasteiger partial charge is 0.359 e. The molecule has 0 aliphatic heterocycles. The average molecular weight is 210 g/mol. The van der Waals surface area contributed by atoms with Crippen molar-refractivity contribution in [1.82, 2.24) is 0 Å². The smallest absolute Gasteiger partial charge is 0.169 e. The van der Waals surface area contributed by atoms with E-state index in [-0.39, 0.29) is 0 Å². The Hall–Kier alpha value is -1.04. The first-order valence-electron chi connectivity index (χ1n) is 4.46. The molecule has 0 saturated carbocycles. The summed E-state index contributed by atoms with van der Waals surface area (Å²) in [4.78, 5) is 0. The van der Waals surface area contributed by atoms with E-state index in [0.29, 0.717) is 11.6 Å². The summed E-state index contributed by atoms with van der Waals surface area (Å²) in [6, 6.07) is 7.55. The summed E-state index contributed by atoms with van der Waals surface area (Å²) in [5.74, 6) is 0. The van der Waals surface area contributed by atoms with Crippen LogP contribution in [-0.4, -0.2) is 6.61 Å². The fourth-order valence-electron chi connectivity index (χ4n) is 1.30. The Morgan fingerprint density at radius 1 is 1.57 bits per heavy atom. The molecule has 3 heteroatoms. The Morgan fingerprint density at radius 2 is 2.29 bits per heavy atom.